The number of nitrogens with zero attached hydrogens (tertiary/aromatic N) is 1. The molecule has 130 valence electrons. The smallest absolute Gasteiger partial charge is 0.308 e. The van der Waals surface area contributed by atoms with E-state index < -0.39 is 11.9 Å². The molecule has 1 aromatic rings. The van der Waals surface area contributed by atoms with Crippen LogP contribution in [0.25, 0.3) is 0 Å². The largest absolute Gasteiger partial charge is 0.482 e. The lowest BCUT2D eigenvalue weighted by atomic mass is 9.92. The highest BCUT2D eigenvalue weighted by atomic mass is 35.5. The molecule has 0 bridgehead atoms. The van der Waals surface area contributed by atoms with Crippen LogP contribution in [0.3, 0.4) is 0 Å². The molecule has 1 aromatic carbocycles. The predicted octanol–water partition coefficient (Wildman–Crippen LogP) is 1.75. The Morgan fingerprint density at radius 2 is 2.08 bits per heavy atom. The Hall–Kier alpha value is -1.79. The van der Waals surface area contributed by atoms with Crippen molar-refractivity contribution >= 4 is 23.5 Å². The Morgan fingerprint density at radius 1 is 1.33 bits per heavy atom. The van der Waals surface area contributed by atoms with Crippen LogP contribution in [0.1, 0.15) is 18.4 Å². The average Bonchev–Trinajstić information content (AvgIpc) is 3.27. The summed E-state index contributed by atoms with van der Waals surface area (Å²) in [6.45, 7) is 1.84. The molecule has 2 fully saturated rings. The number of rotatable bonds is 7. The molecule has 7 heteroatoms. The van der Waals surface area contributed by atoms with Gasteiger partial charge in [-0.15, -0.1) is 0 Å². The summed E-state index contributed by atoms with van der Waals surface area (Å²) in [4.78, 5) is 24.4. The quantitative estimate of drug-likeness (QED) is 0.779. The number of likely N-dealkylation sites (tertiary alicyclic amines) is 1. The summed E-state index contributed by atoms with van der Waals surface area (Å²) in [6, 6.07) is 5.38. The fraction of sp³-hybridized carbons (Fsp3) is 0.529. The second-order valence-corrected chi connectivity index (χ2v) is 7.07. The van der Waals surface area contributed by atoms with Crippen molar-refractivity contribution in [3.63, 3.8) is 0 Å². The number of nitrogens with two attached hydrogens (primary N) is 1. The lowest BCUT2D eigenvalue weighted by Crippen LogP contribution is -2.24. The molecule has 1 aliphatic carbocycles. The molecular weight excluding hydrogens is 332 g/mol. The molecule has 0 unspecified atom stereocenters. The molecule has 1 heterocycles. The zero-order valence-electron chi connectivity index (χ0n) is 13.3. The van der Waals surface area contributed by atoms with Crippen LogP contribution in [0.2, 0.25) is 5.02 Å². The van der Waals surface area contributed by atoms with Crippen molar-refractivity contribution in [2.75, 3.05) is 19.7 Å². The van der Waals surface area contributed by atoms with Gasteiger partial charge in [-0.25, -0.2) is 0 Å². The van der Waals surface area contributed by atoms with E-state index in [-0.39, 0.29) is 18.4 Å². The first-order chi connectivity index (χ1) is 11.4. The number of ether oxygens (including phenoxy) is 1. The highest BCUT2D eigenvalue weighted by molar-refractivity contribution is 6.32. The van der Waals surface area contributed by atoms with Gasteiger partial charge in [-0.3, -0.25) is 14.5 Å². The minimum atomic E-state index is -0.692. The lowest BCUT2D eigenvalue weighted by molar-refractivity contribution is -0.142. The van der Waals surface area contributed by atoms with Gasteiger partial charge in [-0.2, -0.15) is 0 Å². The van der Waals surface area contributed by atoms with Gasteiger partial charge in [-0.05, 0) is 42.4 Å². The summed E-state index contributed by atoms with van der Waals surface area (Å²) < 4.78 is 5.23. The van der Waals surface area contributed by atoms with E-state index in [0.717, 1.165) is 24.9 Å². The zero-order chi connectivity index (χ0) is 17.3. The molecule has 6 nitrogen and oxygen atoms in total. The minimum Gasteiger partial charge on any atom is -0.482 e. The Kier molecular flexibility index (Phi) is 4.96. The number of carbonyl (C=O) groups is 2. The van der Waals surface area contributed by atoms with Gasteiger partial charge in [0.1, 0.15) is 5.75 Å². The number of halogens is 1. The summed E-state index contributed by atoms with van der Waals surface area (Å²) in [6.07, 6.45) is 2.31. The fourth-order valence-corrected chi connectivity index (χ4v) is 3.73. The number of carboxylic acids is 1. The maximum absolute atomic E-state index is 11.5. The van der Waals surface area contributed by atoms with Gasteiger partial charge in [0.25, 0.3) is 5.91 Å². The highest BCUT2D eigenvalue weighted by Gasteiger charge is 2.45. The summed E-state index contributed by atoms with van der Waals surface area (Å²) in [5.74, 6) is -0.271. The summed E-state index contributed by atoms with van der Waals surface area (Å²) in [5.41, 5.74) is 6.04. The monoisotopic (exact) mass is 352 g/mol. The first kappa shape index (κ1) is 17.0. The van der Waals surface area contributed by atoms with E-state index in [2.05, 4.69) is 4.90 Å². The van der Waals surface area contributed by atoms with Crippen molar-refractivity contribution in [1.82, 2.24) is 4.90 Å². The third-order valence-corrected chi connectivity index (χ3v) is 5.05. The molecule has 2 atom stereocenters. The van der Waals surface area contributed by atoms with E-state index in [1.165, 1.54) is 0 Å². The van der Waals surface area contributed by atoms with E-state index >= 15 is 0 Å². The van der Waals surface area contributed by atoms with Crippen LogP contribution in [-0.2, 0) is 16.1 Å². The number of hydrogen-bond donors (Lipinski definition) is 2. The molecule has 24 heavy (non-hydrogen) atoms. The second-order valence-electron chi connectivity index (χ2n) is 6.66. The predicted molar refractivity (Wildman–Crippen MR) is 88.8 cm³/mol. The summed E-state index contributed by atoms with van der Waals surface area (Å²) in [5, 5.41) is 9.84. The van der Waals surface area contributed by atoms with Gasteiger partial charge < -0.3 is 15.6 Å². The van der Waals surface area contributed by atoms with Crippen LogP contribution in [-0.4, -0.2) is 41.6 Å². The number of primary amides is 1. The van der Waals surface area contributed by atoms with Crippen molar-refractivity contribution in [1.29, 1.82) is 0 Å². The zero-order valence-corrected chi connectivity index (χ0v) is 14.0. The van der Waals surface area contributed by atoms with E-state index in [4.69, 9.17) is 22.1 Å². The Morgan fingerprint density at radius 3 is 2.67 bits per heavy atom. The van der Waals surface area contributed by atoms with Crippen molar-refractivity contribution in [3.8, 4) is 5.75 Å². The number of aliphatic carboxylic acids is 1. The number of amides is 1. The third-order valence-electron chi connectivity index (χ3n) is 4.76. The molecule has 3 N–H and O–H groups in total. The van der Waals surface area contributed by atoms with Crippen LogP contribution in [0.15, 0.2) is 18.2 Å². The molecule has 0 radical (unpaired) electrons. The summed E-state index contributed by atoms with van der Waals surface area (Å²) >= 11 is 6.18. The van der Waals surface area contributed by atoms with Crippen LogP contribution < -0.4 is 10.5 Å². The molecule has 1 amide bonds. The first-order valence-corrected chi connectivity index (χ1v) is 8.46. The molecular formula is C17H21ClN2O4. The number of carboxylic acid groups (broad SMARTS) is 1. The summed E-state index contributed by atoms with van der Waals surface area (Å²) in [7, 11) is 0. The molecule has 3 rings (SSSR count). The van der Waals surface area contributed by atoms with E-state index in [9.17, 15) is 14.7 Å². The van der Waals surface area contributed by atoms with E-state index in [0.29, 0.717) is 29.8 Å². The number of carbonyl (C=O) groups excluding carboxylic acids is 1. The molecule has 1 aliphatic heterocycles. The molecule has 0 aromatic heterocycles. The minimum absolute atomic E-state index is 0.214. The van der Waals surface area contributed by atoms with Gasteiger partial charge in [0.2, 0.25) is 0 Å². The maximum atomic E-state index is 11.5. The Labute approximate surface area is 145 Å². The average molecular weight is 353 g/mol. The molecule has 1 saturated heterocycles. The van der Waals surface area contributed by atoms with Crippen LogP contribution in [0, 0.1) is 17.8 Å². The van der Waals surface area contributed by atoms with Gasteiger partial charge in [0, 0.05) is 19.6 Å². The van der Waals surface area contributed by atoms with Crippen molar-refractivity contribution in [3.05, 3.63) is 28.8 Å². The standard InChI is InChI=1S/C17H21ClN2O4/c18-14-5-10(1-4-15(14)24-9-16(19)21)6-20-7-12(11-2-3-11)13(8-20)17(22)23/h1,4-5,11-13H,2-3,6-9H2,(H2,19,21)(H,22,23)/t12-,13+/m1/s1. The number of benzene rings is 1. The fourth-order valence-electron chi connectivity index (χ4n) is 3.47. The molecule has 1 saturated carbocycles. The Bertz CT molecular complexity index is 647. The van der Waals surface area contributed by atoms with Crippen LogP contribution in [0.5, 0.6) is 5.75 Å². The van der Waals surface area contributed by atoms with Gasteiger partial charge in [0.15, 0.2) is 6.61 Å². The highest BCUT2D eigenvalue weighted by Crippen LogP contribution is 2.44. The van der Waals surface area contributed by atoms with E-state index in [1.54, 1.807) is 12.1 Å². The maximum Gasteiger partial charge on any atom is 0.308 e. The Balaban J connectivity index is 1.62. The second kappa shape index (κ2) is 6.99. The van der Waals surface area contributed by atoms with Crippen LogP contribution in [0.4, 0.5) is 0 Å². The first-order valence-electron chi connectivity index (χ1n) is 8.08. The topological polar surface area (TPSA) is 92.9 Å². The van der Waals surface area contributed by atoms with Crippen LogP contribution >= 0.6 is 11.6 Å². The van der Waals surface area contributed by atoms with Gasteiger partial charge >= 0.3 is 5.97 Å². The number of hydrogen-bond acceptors (Lipinski definition) is 4. The van der Waals surface area contributed by atoms with Gasteiger partial charge in [0.05, 0.1) is 10.9 Å². The molecule has 2 aliphatic rings. The lowest BCUT2D eigenvalue weighted by Gasteiger charge is -2.16. The van der Waals surface area contributed by atoms with Crippen molar-refractivity contribution in [2.24, 2.45) is 23.5 Å². The normalized spacial score (nSPS) is 24.0. The van der Waals surface area contributed by atoms with Gasteiger partial charge in [-0.1, -0.05) is 17.7 Å². The van der Waals surface area contributed by atoms with Crippen molar-refractivity contribution < 1.29 is 19.4 Å². The molecule has 0 spiro atoms. The third kappa shape index (κ3) is 3.99. The van der Waals surface area contributed by atoms with E-state index in [1.807, 2.05) is 6.07 Å². The SMILES string of the molecule is NC(=O)COc1ccc(CN2C[C@H](C(=O)O)[C@@H](C3CC3)C2)cc1Cl. The van der Waals surface area contributed by atoms with Crippen molar-refractivity contribution in [2.45, 2.75) is 19.4 Å².